The van der Waals surface area contributed by atoms with E-state index in [0.29, 0.717) is 0 Å². The first kappa shape index (κ1) is 15.0. The molecule has 0 radical (unpaired) electrons. The highest BCUT2D eigenvalue weighted by atomic mass is 32.1. The fourth-order valence-electron chi connectivity index (χ4n) is 2.57. The molecule has 5 heteroatoms. The lowest BCUT2D eigenvalue weighted by atomic mass is 9.87. The number of amides is 1. The number of nitrogens with zero attached hydrogens (tertiary/aromatic N) is 1. The lowest BCUT2D eigenvalue weighted by Gasteiger charge is -2.19. The molecule has 1 aliphatic rings. The summed E-state index contributed by atoms with van der Waals surface area (Å²) < 4.78 is 4.59. The van der Waals surface area contributed by atoms with Crippen LogP contribution in [-0.4, -0.2) is 37.5 Å². The Morgan fingerprint density at radius 1 is 1.50 bits per heavy atom. The molecular formula is C15H21NO3S. The van der Waals surface area contributed by atoms with E-state index in [1.807, 2.05) is 6.07 Å². The van der Waals surface area contributed by atoms with Gasteiger partial charge in [-0.25, -0.2) is 0 Å². The van der Waals surface area contributed by atoms with Gasteiger partial charge in [0.15, 0.2) is 0 Å². The van der Waals surface area contributed by atoms with Crippen molar-refractivity contribution in [1.29, 1.82) is 0 Å². The van der Waals surface area contributed by atoms with Crippen molar-refractivity contribution in [2.75, 3.05) is 20.7 Å². The zero-order valence-electron chi connectivity index (χ0n) is 12.3. The molecule has 0 saturated carbocycles. The minimum Gasteiger partial charge on any atom is -0.468 e. The number of likely N-dealkylation sites (N-methyl/N-ethyl adjacent to an activating group) is 1. The van der Waals surface area contributed by atoms with Crippen molar-refractivity contribution in [3.05, 3.63) is 21.4 Å². The zero-order chi connectivity index (χ0) is 14.7. The molecule has 2 rings (SSSR count). The fraction of sp³-hybridized carbons (Fsp3) is 0.600. The maximum atomic E-state index is 12.3. The van der Waals surface area contributed by atoms with Crippen LogP contribution in [0.5, 0.6) is 0 Å². The van der Waals surface area contributed by atoms with Crippen LogP contribution in [0.1, 0.15) is 39.9 Å². The van der Waals surface area contributed by atoms with E-state index >= 15 is 0 Å². The minimum atomic E-state index is -0.395. The van der Waals surface area contributed by atoms with Crippen LogP contribution in [0, 0.1) is 5.92 Å². The molecule has 0 spiro atoms. The first-order valence-electron chi connectivity index (χ1n) is 6.99. The van der Waals surface area contributed by atoms with Crippen LogP contribution in [0.25, 0.3) is 0 Å². The Morgan fingerprint density at radius 2 is 2.25 bits per heavy atom. The minimum absolute atomic E-state index is 0.00448. The second-order valence-corrected chi connectivity index (χ2v) is 6.45. The lowest BCUT2D eigenvalue weighted by molar-refractivity contribution is -0.141. The molecule has 1 atom stereocenters. The Bertz CT molecular complexity index is 509. The van der Waals surface area contributed by atoms with E-state index in [4.69, 9.17) is 0 Å². The van der Waals surface area contributed by atoms with E-state index in [2.05, 4.69) is 11.7 Å². The Balaban J connectivity index is 2.08. The first-order valence-corrected chi connectivity index (χ1v) is 7.80. The van der Waals surface area contributed by atoms with E-state index < -0.39 is 5.97 Å². The summed E-state index contributed by atoms with van der Waals surface area (Å²) in [5, 5.41) is 0. The van der Waals surface area contributed by atoms with Gasteiger partial charge in [0.2, 0.25) is 0 Å². The smallest absolute Gasteiger partial charge is 0.325 e. The van der Waals surface area contributed by atoms with Gasteiger partial charge >= 0.3 is 5.97 Å². The van der Waals surface area contributed by atoms with Gasteiger partial charge in [0.25, 0.3) is 5.91 Å². The number of fused-ring (bicyclic) bond motifs is 1. The first-order chi connectivity index (χ1) is 9.55. The molecule has 0 aromatic carbocycles. The second-order valence-electron chi connectivity index (χ2n) is 5.31. The van der Waals surface area contributed by atoms with Gasteiger partial charge in [-0.3, -0.25) is 9.59 Å². The van der Waals surface area contributed by atoms with E-state index in [0.717, 1.165) is 23.6 Å². The highest BCUT2D eigenvalue weighted by molar-refractivity contribution is 7.14. The largest absolute Gasteiger partial charge is 0.468 e. The third-order valence-corrected chi connectivity index (χ3v) is 5.14. The molecule has 1 aliphatic carbocycles. The SMILES string of the molecule is CCC1CCc2sc(C(=O)N(C)CC(=O)OC)cc2C1. The standard InChI is InChI=1S/C15H21NO3S/c1-4-10-5-6-12-11(7-10)8-13(20-12)15(18)16(2)9-14(17)19-3/h8,10H,4-7,9H2,1-3H3. The van der Waals surface area contributed by atoms with E-state index in [1.165, 1.54) is 35.3 Å². The summed E-state index contributed by atoms with van der Waals surface area (Å²) in [5.74, 6) is 0.254. The third-order valence-electron chi connectivity index (χ3n) is 3.91. The van der Waals surface area contributed by atoms with Crippen LogP contribution >= 0.6 is 11.3 Å². The number of hydrogen-bond donors (Lipinski definition) is 0. The van der Waals surface area contributed by atoms with Crippen molar-refractivity contribution in [3.8, 4) is 0 Å². The number of hydrogen-bond acceptors (Lipinski definition) is 4. The topological polar surface area (TPSA) is 46.6 Å². The average Bonchev–Trinajstić information content (AvgIpc) is 2.88. The van der Waals surface area contributed by atoms with Crippen molar-refractivity contribution in [2.45, 2.75) is 32.6 Å². The number of aryl methyl sites for hydroxylation is 1. The lowest BCUT2D eigenvalue weighted by Crippen LogP contribution is -2.32. The fourth-order valence-corrected chi connectivity index (χ4v) is 3.77. The molecule has 4 nitrogen and oxygen atoms in total. The van der Waals surface area contributed by atoms with Crippen LogP contribution in [0.4, 0.5) is 0 Å². The second kappa shape index (κ2) is 6.39. The van der Waals surface area contributed by atoms with E-state index in [-0.39, 0.29) is 12.5 Å². The van der Waals surface area contributed by atoms with E-state index in [9.17, 15) is 9.59 Å². The summed E-state index contributed by atoms with van der Waals surface area (Å²) in [6.07, 6.45) is 4.57. The van der Waals surface area contributed by atoms with Crippen molar-refractivity contribution in [1.82, 2.24) is 4.90 Å². The van der Waals surface area contributed by atoms with Crippen LogP contribution in [0.15, 0.2) is 6.07 Å². The molecule has 0 bridgehead atoms. The number of methoxy groups -OCH3 is 1. The average molecular weight is 295 g/mol. The van der Waals surface area contributed by atoms with Gasteiger partial charge in [0, 0.05) is 11.9 Å². The summed E-state index contributed by atoms with van der Waals surface area (Å²) >= 11 is 1.58. The number of rotatable bonds is 4. The highest BCUT2D eigenvalue weighted by Gasteiger charge is 2.24. The van der Waals surface area contributed by atoms with Gasteiger partial charge in [0.05, 0.1) is 12.0 Å². The molecule has 0 aliphatic heterocycles. The summed E-state index contributed by atoms with van der Waals surface area (Å²) in [6.45, 7) is 2.22. The molecule has 0 fully saturated rings. The molecule has 0 saturated heterocycles. The number of carbonyl (C=O) groups is 2. The molecule has 1 aromatic rings. The quantitative estimate of drug-likeness (QED) is 0.802. The van der Waals surface area contributed by atoms with Crippen LogP contribution in [-0.2, 0) is 22.4 Å². The van der Waals surface area contributed by atoms with Crippen molar-refractivity contribution < 1.29 is 14.3 Å². The molecule has 1 amide bonds. The molecule has 110 valence electrons. The molecule has 1 heterocycles. The number of thiophene rings is 1. The van der Waals surface area contributed by atoms with Gasteiger partial charge in [-0.1, -0.05) is 13.3 Å². The maximum absolute atomic E-state index is 12.3. The molecule has 20 heavy (non-hydrogen) atoms. The normalized spacial score (nSPS) is 17.4. The highest BCUT2D eigenvalue weighted by Crippen LogP contribution is 2.33. The summed E-state index contributed by atoms with van der Waals surface area (Å²) in [6, 6.07) is 2.01. The predicted octanol–water partition coefficient (Wildman–Crippen LogP) is 2.51. The van der Waals surface area contributed by atoms with Crippen LogP contribution < -0.4 is 0 Å². The Morgan fingerprint density at radius 3 is 2.90 bits per heavy atom. The van der Waals surface area contributed by atoms with Crippen molar-refractivity contribution >= 4 is 23.2 Å². The third kappa shape index (κ3) is 3.20. The van der Waals surface area contributed by atoms with Crippen molar-refractivity contribution in [3.63, 3.8) is 0 Å². The molecule has 1 unspecified atom stereocenters. The summed E-state index contributed by atoms with van der Waals surface area (Å²) in [5.41, 5.74) is 1.32. The number of esters is 1. The zero-order valence-corrected chi connectivity index (χ0v) is 13.1. The van der Waals surface area contributed by atoms with Gasteiger partial charge in [-0.05, 0) is 36.8 Å². The molecule has 1 aromatic heterocycles. The van der Waals surface area contributed by atoms with Crippen molar-refractivity contribution in [2.24, 2.45) is 5.92 Å². The Kier molecular flexibility index (Phi) is 4.81. The Hall–Kier alpha value is -1.36. The summed E-state index contributed by atoms with van der Waals surface area (Å²) in [4.78, 5) is 27.0. The van der Waals surface area contributed by atoms with Crippen LogP contribution in [0.3, 0.4) is 0 Å². The predicted molar refractivity (Wildman–Crippen MR) is 79.1 cm³/mol. The van der Waals surface area contributed by atoms with Gasteiger partial charge in [0.1, 0.15) is 6.54 Å². The molecule has 0 N–H and O–H groups in total. The Labute approximate surface area is 123 Å². The van der Waals surface area contributed by atoms with Crippen LogP contribution in [0.2, 0.25) is 0 Å². The maximum Gasteiger partial charge on any atom is 0.325 e. The monoisotopic (exact) mass is 295 g/mol. The van der Waals surface area contributed by atoms with E-state index in [1.54, 1.807) is 18.4 Å². The molecular weight excluding hydrogens is 274 g/mol. The van der Waals surface area contributed by atoms with Gasteiger partial charge < -0.3 is 9.64 Å². The van der Waals surface area contributed by atoms with Gasteiger partial charge in [-0.15, -0.1) is 11.3 Å². The number of ether oxygens (including phenoxy) is 1. The summed E-state index contributed by atoms with van der Waals surface area (Å²) in [7, 11) is 2.96. The van der Waals surface area contributed by atoms with Gasteiger partial charge in [-0.2, -0.15) is 0 Å². The number of carbonyl (C=O) groups excluding carboxylic acids is 2.